The third kappa shape index (κ3) is 5.62. The molecule has 13 rings (SSSR count). The fourth-order valence-electron chi connectivity index (χ4n) is 10.3. The van der Waals surface area contributed by atoms with Gasteiger partial charge in [0.25, 0.3) is 0 Å². The van der Waals surface area contributed by atoms with Crippen molar-refractivity contribution in [3.8, 4) is 28.1 Å². The van der Waals surface area contributed by atoms with Gasteiger partial charge in [-0.25, -0.2) is 0 Å². The molecule has 6 heteroatoms. The number of fused-ring (bicyclic) bond motifs is 11. The van der Waals surface area contributed by atoms with Crippen molar-refractivity contribution in [2.24, 2.45) is 0 Å². The molecular formula is C57H41N5O. The molecular weight excluding hydrogens is 771 g/mol. The Morgan fingerprint density at radius 1 is 0.556 bits per heavy atom. The van der Waals surface area contributed by atoms with Gasteiger partial charge in [-0.3, -0.25) is 5.32 Å². The van der Waals surface area contributed by atoms with Gasteiger partial charge in [-0.2, -0.15) is 0 Å². The largest absolute Gasteiger partial charge is 0.456 e. The maximum absolute atomic E-state index is 6.32. The van der Waals surface area contributed by atoms with Crippen molar-refractivity contribution in [2.75, 3.05) is 16.8 Å². The normalized spacial score (nSPS) is 16.4. The number of hydrogen-bond acceptors (Lipinski definition) is 5. The van der Waals surface area contributed by atoms with Crippen LogP contribution in [0.4, 0.5) is 22.7 Å². The molecule has 2 atom stereocenters. The zero-order valence-electron chi connectivity index (χ0n) is 34.3. The summed E-state index contributed by atoms with van der Waals surface area (Å²) < 4.78 is 8.78. The Balaban J connectivity index is 1.03. The highest BCUT2D eigenvalue weighted by molar-refractivity contribution is 6.10. The summed E-state index contributed by atoms with van der Waals surface area (Å²) in [4.78, 5) is 2.49. The number of furan rings is 1. The molecule has 3 aliphatic heterocycles. The summed E-state index contributed by atoms with van der Waals surface area (Å²) in [6.45, 7) is 0.751. The van der Waals surface area contributed by atoms with Crippen LogP contribution in [0.3, 0.4) is 0 Å². The first kappa shape index (κ1) is 35.7. The van der Waals surface area contributed by atoms with Crippen LogP contribution in [0.2, 0.25) is 0 Å². The lowest BCUT2D eigenvalue weighted by molar-refractivity contribution is 0.445. The van der Waals surface area contributed by atoms with Crippen molar-refractivity contribution < 1.29 is 4.42 Å². The minimum absolute atomic E-state index is 0.142. The average Bonchev–Trinajstić information content (AvgIpc) is 3.86. The highest BCUT2D eigenvalue weighted by Crippen LogP contribution is 2.57. The lowest BCUT2D eigenvalue weighted by Gasteiger charge is -2.36. The molecule has 8 aromatic carbocycles. The smallest absolute Gasteiger partial charge is 0.135 e. The molecule has 2 aromatic heterocycles. The fraction of sp³-hybridized carbons (Fsp3) is 0.0526. The molecule has 3 aliphatic rings. The van der Waals surface area contributed by atoms with Gasteiger partial charge in [0.05, 0.1) is 40.2 Å². The van der Waals surface area contributed by atoms with E-state index >= 15 is 0 Å². The molecule has 10 aromatic rings. The summed E-state index contributed by atoms with van der Waals surface area (Å²) in [6, 6.07) is 67.5. The summed E-state index contributed by atoms with van der Waals surface area (Å²) in [6.07, 6.45) is 6.70. The van der Waals surface area contributed by atoms with Gasteiger partial charge in [-0.05, 0) is 82.1 Å². The zero-order chi connectivity index (χ0) is 41.4. The van der Waals surface area contributed by atoms with Gasteiger partial charge in [0, 0.05) is 45.4 Å². The summed E-state index contributed by atoms with van der Waals surface area (Å²) in [5.41, 5.74) is 17.8. The van der Waals surface area contributed by atoms with Gasteiger partial charge in [-0.15, -0.1) is 0 Å². The average molecular weight is 812 g/mol. The van der Waals surface area contributed by atoms with Crippen LogP contribution >= 0.6 is 0 Å². The Bertz CT molecular complexity index is 3500. The lowest BCUT2D eigenvalue weighted by Crippen LogP contribution is -2.40. The number of nitrogens with one attached hydrogen (secondary N) is 3. The standard InChI is InChI=1S/C57H41N5O/c1-2-17-37(18-3-1)46-35-47(60-57(59-46)41-25-14-19-36-16-4-5-20-39(36)41)42-22-6-10-26-48(42)62-49-27-11-7-23-43(49)54-55-51(29-15-33-58-55)61(56(54)44-24-8-12-28-50(44)62)38-31-32-53-45(34-38)40-21-9-13-30-52(40)63-53/h1-32,34-35,47,57-60H,33H2. The van der Waals surface area contributed by atoms with Crippen LogP contribution in [0.25, 0.3) is 72.6 Å². The van der Waals surface area contributed by atoms with Gasteiger partial charge in [0.2, 0.25) is 0 Å². The van der Waals surface area contributed by atoms with Crippen molar-refractivity contribution in [2.45, 2.75) is 12.2 Å². The van der Waals surface area contributed by atoms with Gasteiger partial charge in [0.1, 0.15) is 17.3 Å². The van der Waals surface area contributed by atoms with Crippen molar-refractivity contribution in [3.05, 3.63) is 223 Å². The highest BCUT2D eigenvalue weighted by atomic mass is 16.3. The Hall–Kier alpha value is -8.06. The third-order valence-corrected chi connectivity index (χ3v) is 13.0. The van der Waals surface area contributed by atoms with Crippen LogP contribution in [0.5, 0.6) is 0 Å². The lowest BCUT2D eigenvalue weighted by atomic mass is 9.94. The molecule has 300 valence electrons. The first-order valence-electron chi connectivity index (χ1n) is 21.7. The third-order valence-electron chi connectivity index (χ3n) is 13.0. The monoisotopic (exact) mass is 811 g/mol. The second kappa shape index (κ2) is 14.3. The molecule has 0 saturated heterocycles. The summed E-state index contributed by atoms with van der Waals surface area (Å²) in [7, 11) is 0. The Morgan fingerprint density at radius 2 is 1.24 bits per heavy atom. The van der Waals surface area contributed by atoms with Crippen LogP contribution in [0, 0.1) is 0 Å². The first-order chi connectivity index (χ1) is 31.3. The van der Waals surface area contributed by atoms with E-state index in [1.54, 1.807) is 0 Å². The number of anilines is 4. The predicted molar refractivity (Wildman–Crippen MR) is 260 cm³/mol. The predicted octanol–water partition coefficient (Wildman–Crippen LogP) is 14.1. The van der Waals surface area contributed by atoms with Gasteiger partial charge < -0.3 is 24.5 Å². The van der Waals surface area contributed by atoms with Crippen molar-refractivity contribution >= 4 is 67.2 Å². The number of aromatic nitrogens is 1. The number of para-hydroxylation sites is 4. The number of rotatable bonds is 5. The van der Waals surface area contributed by atoms with E-state index in [2.05, 4.69) is 220 Å². The molecule has 0 fully saturated rings. The molecule has 63 heavy (non-hydrogen) atoms. The summed E-state index contributed by atoms with van der Waals surface area (Å²) in [5.74, 6) is 0. The molecule has 0 bridgehead atoms. The van der Waals surface area contributed by atoms with E-state index in [0.717, 1.165) is 85.1 Å². The molecule has 3 N–H and O–H groups in total. The van der Waals surface area contributed by atoms with Crippen LogP contribution in [0.1, 0.15) is 34.6 Å². The van der Waals surface area contributed by atoms with E-state index in [9.17, 15) is 0 Å². The van der Waals surface area contributed by atoms with E-state index in [1.807, 2.05) is 12.1 Å². The molecule has 0 aliphatic carbocycles. The Labute approximate surface area is 365 Å². The van der Waals surface area contributed by atoms with E-state index in [0.29, 0.717) is 0 Å². The first-order valence-corrected chi connectivity index (χ1v) is 21.7. The quantitative estimate of drug-likeness (QED) is 0.162. The van der Waals surface area contributed by atoms with E-state index in [-0.39, 0.29) is 12.2 Å². The molecule has 0 radical (unpaired) electrons. The number of hydrogen-bond donors (Lipinski definition) is 3. The van der Waals surface area contributed by atoms with Crippen molar-refractivity contribution in [1.29, 1.82) is 0 Å². The van der Waals surface area contributed by atoms with Crippen LogP contribution in [0.15, 0.2) is 205 Å². The molecule has 2 unspecified atom stereocenters. The summed E-state index contributed by atoms with van der Waals surface area (Å²) in [5, 5.41) is 16.5. The van der Waals surface area contributed by atoms with Crippen LogP contribution in [-0.4, -0.2) is 11.1 Å². The van der Waals surface area contributed by atoms with Crippen LogP contribution in [-0.2, 0) is 0 Å². The Kier molecular flexibility index (Phi) is 8.08. The molecule has 0 saturated carbocycles. The molecule has 6 nitrogen and oxygen atoms in total. The zero-order valence-corrected chi connectivity index (χ0v) is 34.3. The molecule has 5 heterocycles. The fourth-order valence-corrected chi connectivity index (χ4v) is 10.3. The minimum atomic E-state index is -0.155. The van der Waals surface area contributed by atoms with Gasteiger partial charge >= 0.3 is 0 Å². The number of nitrogens with zero attached hydrogens (tertiary/aromatic N) is 2. The van der Waals surface area contributed by atoms with E-state index in [1.165, 1.54) is 33.0 Å². The van der Waals surface area contributed by atoms with Crippen LogP contribution < -0.4 is 20.9 Å². The second-order valence-corrected chi connectivity index (χ2v) is 16.5. The number of benzene rings is 8. The summed E-state index contributed by atoms with van der Waals surface area (Å²) >= 11 is 0. The maximum atomic E-state index is 6.32. The van der Waals surface area contributed by atoms with E-state index < -0.39 is 0 Å². The SMILES string of the molecule is C1=Cc2c(c3c(n2-c2ccc4oc5ccccc5c4c2)-c2ccccc2N(c2ccccc2C2C=C(c4ccccc4)NC(c4cccc5ccccc45)N2)c2ccccc2-3)NC1. The molecule has 0 amide bonds. The van der Waals surface area contributed by atoms with Gasteiger partial charge in [-0.1, -0.05) is 152 Å². The van der Waals surface area contributed by atoms with Crippen molar-refractivity contribution in [1.82, 2.24) is 15.2 Å². The maximum Gasteiger partial charge on any atom is 0.135 e. The Morgan fingerprint density at radius 3 is 2.13 bits per heavy atom. The second-order valence-electron chi connectivity index (χ2n) is 16.5. The minimum Gasteiger partial charge on any atom is -0.456 e. The van der Waals surface area contributed by atoms with E-state index in [4.69, 9.17) is 4.42 Å². The topological polar surface area (TPSA) is 57.4 Å². The van der Waals surface area contributed by atoms with Crippen molar-refractivity contribution in [3.63, 3.8) is 0 Å². The van der Waals surface area contributed by atoms with Gasteiger partial charge in [0.15, 0.2) is 0 Å². The highest BCUT2D eigenvalue weighted by Gasteiger charge is 2.36. The molecule has 0 spiro atoms.